The Morgan fingerprint density at radius 1 is 1.57 bits per heavy atom. The molecule has 0 spiro atoms. The molecule has 0 amide bonds. The number of halogens is 1. The Balaban J connectivity index is 2.43. The highest BCUT2D eigenvalue weighted by atomic mass is 79.9. The van der Waals surface area contributed by atoms with Gasteiger partial charge in [0.25, 0.3) is 0 Å². The molecular formula is C10H17BrN2S. The van der Waals surface area contributed by atoms with Gasteiger partial charge in [0, 0.05) is 28.5 Å². The van der Waals surface area contributed by atoms with Crippen LogP contribution in [0.1, 0.15) is 18.7 Å². The molecule has 3 N–H and O–H groups in total. The first-order valence-electron chi connectivity index (χ1n) is 4.80. The molecule has 4 heteroatoms. The monoisotopic (exact) mass is 276 g/mol. The smallest absolute Gasteiger partial charge is 0.0327 e. The van der Waals surface area contributed by atoms with Crippen molar-refractivity contribution in [1.29, 1.82) is 0 Å². The van der Waals surface area contributed by atoms with Gasteiger partial charge in [0.1, 0.15) is 0 Å². The third-order valence-electron chi connectivity index (χ3n) is 2.27. The Labute approximate surface area is 98.0 Å². The number of thiophene rings is 1. The van der Waals surface area contributed by atoms with Gasteiger partial charge in [-0.25, -0.2) is 0 Å². The van der Waals surface area contributed by atoms with Crippen molar-refractivity contribution in [1.82, 2.24) is 5.32 Å². The van der Waals surface area contributed by atoms with Gasteiger partial charge >= 0.3 is 0 Å². The van der Waals surface area contributed by atoms with Crippen LogP contribution in [0.4, 0.5) is 0 Å². The average molecular weight is 277 g/mol. The maximum absolute atomic E-state index is 5.68. The number of hydrogen-bond acceptors (Lipinski definition) is 3. The van der Waals surface area contributed by atoms with Crippen molar-refractivity contribution >= 4 is 27.3 Å². The highest BCUT2D eigenvalue weighted by Gasteiger charge is 2.11. The van der Waals surface area contributed by atoms with Gasteiger partial charge in [0.15, 0.2) is 0 Å². The molecule has 1 unspecified atom stereocenters. The van der Waals surface area contributed by atoms with Crippen LogP contribution in [0, 0.1) is 5.92 Å². The van der Waals surface area contributed by atoms with Crippen molar-refractivity contribution in [2.75, 3.05) is 6.54 Å². The third kappa shape index (κ3) is 3.35. The van der Waals surface area contributed by atoms with Crippen LogP contribution in [-0.2, 0) is 6.54 Å². The van der Waals surface area contributed by atoms with Crippen LogP contribution in [0.3, 0.4) is 0 Å². The number of rotatable bonds is 5. The second kappa shape index (κ2) is 5.85. The van der Waals surface area contributed by atoms with Crippen molar-refractivity contribution in [3.63, 3.8) is 0 Å². The fraction of sp³-hybridized carbons (Fsp3) is 0.600. The van der Waals surface area contributed by atoms with Crippen molar-refractivity contribution in [2.45, 2.75) is 26.4 Å². The van der Waals surface area contributed by atoms with Crippen LogP contribution < -0.4 is 11.1 Å². The second-order valence-corrected chi connectivity index (χ2v) is 5.51. The molecule has 1 heterocycles. The van der Waals surface area contributed by atoms with Gasteiger partial charge in [-0.3, -0.25) is 0 Å². The molecule has 1 aromatic rings. The molecule has 1 rings (SSSR count). The quantitative estimate of drug-likeness (QED) is 0.868. The van der Waals surface area contributed by atoms with Crippen LogP contribution in [0.25, 0.3) is 0 Å². The normalized spacial score (nSPS) is 13.5. The number of nitrogens with two attached hydrogens (primary N) is 1. The molecule has 0 aliphatic rings. The molecule has 0 radical (unpaired) electrons. The molecule has 0 fully saturated rings. The Morgan fingerprint density at radius 2 is 2.29 bits per heavy atom. The highest BCUT2D eigenvalue weighted by molar-refractivity contribution is 9.10. The van der Waals surface area contributed by atoms with E-state index in [2.05, 4.69) is 46.5 Å². The zero-order valence-electron chi connectivity index (χ0n) is 8.59. The summed E-state index contributed by atoms with van der Waals surface area (Å²) >= 11 is 5.28. The molecule has 0 bridgehead atoms. The van der Waals surface area contributed by atoms with Crippen LogP contribution >= 0.6 is 27.3 Å². The fourth-order valence-corrected chi connectivity index (χ4v) is 2.71. The molecule has 14 heavy (non-hydrogen) atoms. The predicted molar refractivity (Wildman–Crippen MR) is 66.5 cm³/mol. The van der Waals surface area contributed by atoms with E-state index in [4.69, 9.17) is 5.73 Å². The maximum Gasteiger partial charge on any atom is 0.0327 e. The number of hydrogen-bond donors (Lipinski definition) is 2. The minimum Gasteiger partial charge on any atom is -0.329 e. The van der Waals surface area contributed by atoms with E-state index in [9.17, 15) is 0 Å². The van der Waals surface area contributed by atoms with Gasteiger partial charge in [-0.2, -0.15) is 0 Å². The fourth-order valence-electron chi connectivity index (χ4n) is 1.27. The first-order valence-corrected chi connectivity index (χ1v) is 6.47. The Bertz CT molecular complexity index is 273. The zero-order valence-corrected chi connectivity index (χ0v) is 11.0. The summed E-state index contributed by atoms with van der Waals surface area (Å²) in [5.41, 5.74) is 5.68. The standard InChI is InChI=1S/C10H17BrN2S/c1-7(2)9(5-12)13-6-10-8(11)3-4-14-10/h3-4,7,9,13H,5-6,12H2,1-2H3. The van der Waals surface area contributed by atoms with Crippen molar-refractivity contribution in [3.05, 3.63) is 20.8 Å². The lowest BCUT2D eigenvalue weighted by atomic mass is 10.1. The minimum atomic E-state index is 0.406. The topological polar surface area (TPSA) is 38.0 Å². The van der Waals surface area contributed by atoms with Gasteiger partial charge in [-0.05, 0) is 33.3 Å². The van der Waals surface area contributed by atoms with Gasteiger partial charge < -0.3 is 11.1 Å². The molecule has 2 nitrogen and oxygen atoms in total. The molecular weight excluding hydrogens is 260 g/mol. The molecule has 0 aliphatic heterocycles. The first-order chi connectivity index (χ1) is 6.65. The maximum atomic E-state index is 5.68. The van der Waals surface area contributed by atoms with Crippen LogP contribution in [0.2, 0.25) is 0 Å². The first kappa shape index (κ1) is 12.2. The van der Waals surface area contributed by atoms with E-state index in [-0.39, 0.29) is 0 Å². The third-order valence-corrected chi connectivity index (χ3v) is 4.20. The van der Waals surface area contributed by atoms with Gasteiger partial charge in [-0.1, -0.05) is 13.8 Å². The SMILES string of the molecule is CC(C)C(CN)NCc1sccc1Br. The van der Waals surface area contributed by atoms with E-state index in [1.165, 1.54) is 9.35 Å². The molecule has 0 aromatic carbocycles. The molecule has 1 atom stereocenters. The Morgan fingerprint density at radius 3 is 2.71 bits per heavy atom. The molecule has 0 saturated carbocycles. The Kier molecular flexibility index (Phi) is 5.09. The Hall–Kier alpha value is 0.100. The minimum absolute atomic E-state index is 0.406. The summed E-state index contributed by atoms with van der Waals surface area (Å²) in [6.07, 6.45) is 0. The highest BCUT2D eigenvalue weighted by Crippen LogP contribution is 2.22. The van der Waals surface area contributed by atoms with Crippen molar-refractivity contribution in [2.24, 2.45) is 11.7 Å². The lowest BCUT2D eigenvalue weighted by Gasteiger charge is -2.20. The lowest BCUT2D eigenvalue weighted by molar-refractivity contribution is 0.406. The predicted octanol–water partition coefficient (Wildman–Crippen LogP) is 2.58. The van der Waals surface area contributed by atoms with E-state index in [0.717, 1.165) is 6.54 Å². The van der Waals surface area contributed by atoms with Crippen LogP contribution in [0.15, 0.2) is 15.9 Å². The van der Waals surface area contributed by atoms with Gasteiger partial charge in [-0.15, -0.1) is 11.3 Å². The molecule has 80 valence electrons. The lowest BCUT2D eigenvalue weighted by Crippen LogP contribution is -2.39. The molecule has 0 saturated heterocycles. The van der Waals surface area contributed by atoms with E-state index in [0.29, 0.717) is 18.5 Å². The van der Waals surface area contributed by atoms with Crippen molar-refractivity contribution in [3.8, 4) is 0 Å². The molecule has 1 aromatic heterocycles. The second-order valence-electron chi connectivity index (χ2n) is 3.66. The molecule has 0 aliphatic carbocycles. The zero-order chi connectivity index (χ0) is 10.6. The van der Waals surface area contributed by atoms with Crippen molar-refractivity contribution < 1.29 is 0 Å². The van der Waals surface area contributed by atoms with Gasteiger partial charge in [0.05, 0.1) is 0 Å². The van der Waals surface area contributed by atoms with Gasteiger partial charge in [0.2, 0.25) is 0 Å². The van der Waals surface area contributed by atoms with E-state index in [1.54, 1.807) is 11.3 Å². The summed E-state index contributed by atoms with van der Waals surface area (Å²) in [7, 11) is 0. The summed E-state index contributed by atoms with van der Waals surface area (Å²) in [4.78, 5) is 1.34. The van der Waals surface area contributed by atoms with E-state index < -0.39 is 0 Å². The van der Waals surface area contributed by atoms with Crippen LogP contribution in [-0.4, -0.2) is 12.6 Å². The van der Waals surface area contributed by atoms with Crippen LogP contribution in [0.5, 0.6) is 0 Å². The summed E-state index contributed by atoms with van der Waals surface area (Å²) in [5.74, 6) is 0.582. The number of nitrogens with one attached hydrogen (secondary N) is 1. The summed E-state index contributed by atoms with van der Waals surface area (Å²) in [6.45, 7) is 5.97. The van der Waals surface area contributed by atoms with E-state index >= 15 is 0 Å². The van der Waals surface area contributed by atoms with E-state index in [1.807, 2.05) is 0 Å². The summed E-state index contributed by atoms with van der Waals surface area (Å²) in [6, 6.07) is 2.48. The average Bonchev–Trinajstić information content (AvgIpc) is 2.52. The summed E-state index contributed by atoms with van der Waals surface area (Å²) in [5, 5.41) is 5.56. The largest absolute Gasteiger partial charge is 0.329 e. The summed E-state index contributed by atoms with van der Waals surface area (Å²) < 4.78 is 1.19.